The van der Waals surface area contributed by atoms with Gasteiger partial charge in [0.25, 0.3) is 0 Å². The van der Waals surface area contributed by atoms with Gasteiger partial charge in [0.2, 0.25) is 0 Å². The highest BCUT2D eigenvalue weighted by atomic mass is 35.5. The molecule has 0 aromatic heterocycles. The van der Waals surface area contributed by atoms with Gasteiger partial charge in [0.1, 0.15) is 5.76 Å². The fourth-order valence-electron chi connectivity index (χ4n) is 1.34. The Bertz CT molecular complexity index is 359. The van der Waals surface area contributed by atoms with Crippen molar-refractivity contribution in [2.75, 3.05) is 12.8 Å². The van der Waals surface area contributed by atoms with Gasteiger partial charge in [-0.05, 0) is 31.0 Å². The van der Waals surface area contributed by atoms with Gasteiger partial charge in [-0.2, -0.15) is 0 Å². The molecule has 0 heterocycles. The second-order valence-electron chi connectivity index (χ2n) is 3.22. The molecule has 0 aliphatic heterocycles. The van der Waals surface area contributed by atoms with E-state index in [2.05, 4.69) is 6.58 Å². The van der Waals surface area contributed by atoms with Crippen LogP contribution >= 0.6 is 11.6 Å². The van der Waals surface area contributed by atoms with Crippen LogP contribution < -0.4 is 5.73 Å². The van der Waals surface area contributed by atoms with Crippen LogP contribution in [-0.4, -0.2) is 7.11 Å². The summed E-state index contributed by atoms with van der Waals surface area (Å²) >= 11 is 6.15. The van der Waals surface area contributed by atoms with E-state index in [0.717, 1.165) is 16.7 Å². The van der Waals surface area contributed by atoms with Crippen molar-refractivity contribution in [2.45, 2.75) is 13.8 Å². The lowest BCUT2D eigenvalue weighted by Gasteiger charge is -2.14. The SMILES string of the molecule is C=C(OC)c1c(C)c(N)cc(C)c1Cl. The first kappa shape index (κ1) is 10.9. The van der Waals surface area contributed by atoms with E-state index >= 15 is 0 Å². The van der Waals surface area contributed by atoms with Crippen molar-refractivity contribution in [1.29, 1.82) is 0 Å². The van der Waals surface area contributed by atoms with Crippen LogP contribution in [0.2, 0.25) is 5.02 Å². The molecule has 76 valence electrons. The summed E-state index contributed by atoms with van der Waals surface area (Å²) in [5.41, 5.74) is 9.18. The summed E-state index contributed by atoms with van der Waals surface area (Å²) in [6.07, 6.45) is 0. The van der Waals surface area contributed by atoms with Crippen LogP contribution in [0.3, 0.4) is 0 Å². The van der Waals surface area contributed by atoms with Crippen molar-refractivity contribution >= 4 is 23.0 Å². The van der Waals surface area contributed by atoms with Crippen LogP contribution in [0.15, 0.2) is 12.6 Å². The molecule has 14 heavy (non-hydrogen) atoms. The number of nitrogen functional groups attached to an aromatic ring is 1. The number of ether oxygens (including phenoxy) is 1. The Hall–Kier alpha value is -1.15. The van der Waals surface area contributed by atoms with E-state index in [9.17, 15) is 0 Å². The van der Waals surface area contributed by atoms with Crippen molar-refractivity contribution in [3.8, 4) is 0 Å². The van der Waals surface area contributed by atoms with Gasteiger partial charge < -0.3 is 10.5 Å². The highest BCUT2D eigenvalue weighted by Gasteiger charge is 2.13. The zero-order chi connectivity index (χ0) is 10.9. The number of aryl methyl sites for hydroxylation is 1. The van der Waals surface area contributed by atoms with Crippen molar-refractivity contribution in [3.63, 3.8) is 0 Å². The molecule has 1 aromatic carbocycles. The Balaban J connectivity index is 3.47. The molecule has 1 aromatic rings. The summed E-state index contributed by atoms with van der Waals surface area (Å²) in [5, 5.41) is 0.656. The van der Waals surface area contributed by atoms with Gasteiger partial charge in [0.15, 0.2) is 0 Å². The maximum absolute atomic E-state index is 6.15. The largest absolute Gasteiger partial charge is 0.497 e. The average Bonchev–Trinajstić information content (AvgIpc) is 2.15. The van der Waals surface area contributed by atoms with Crippen LogP contribution in [-0.2, 0) is 4.74 Å². The number of methoxy groups -OCH3 is 1. The molecule has 0 amide bonds. The summed E-state index contributed by atoms with van der Waals surface area (Å²) < 4.78 is 5.07. The Labute approximate surface area is 89.3 Å². The van der Waals surface area contributed by atoms with Gasteiger partial charge in [0.05, 0.1) is 12.1 Å². The molecule has 0 atom stereocenters. The predicted octanol–water partition coefficient (Wildman–Crippen LogP) is 3.16. The topological polar surface area (TPSA) is 35.2 Å². The third kappa shape index (κ3) is 1.70. The Morgan fingerprint density at radius 3 is 2.57 bits per heavy atom. The Kier molecular flexibility index (Phi) is 3.06. The molecule has 0 saturated carbocycles. The predicted molar refractivity (Wildman–Crippen MR) is 61.4 cm³/mol. The van der Waals surface area contributed by atoms with E-state index in [0.29, 0.717) is 16.5 Å². The maximum Gasteiger partial charge on any atom is 0.120 e. The van der Waals surface area contributed by atoms with E-state index < -0.39 is 0 Å². The normalized spacial score (nSPS) is 10.0. The van der Waals surface area contributed by atoms with Gasteiger partial charge in [-0.1, -0.05) is 18.2 Å². The molecule has 0 aliphatic rings. The highest BCUT2D eigenvalue weighted by Crippen LogP contribution is 2.33. The lowest BCUT2D eigenvalue weighted by atomic mass is 10.0. The van der Waals surface area contributed by atoms with E-state index in [4.69, 9.17) is 22.1 Å². The first-order valence-electron chi connectivity index (χ1n) is 4.27. The Morgan fingerprint density at radius 1 is 1.50 bits per heavy atom. The van der Waals surface area contributed by atoms with Crippen molar-refractivity contribution in [1.82, 2.24) is 0 Å². The minimum atomic E-state index is 0.544. The number of nitrogens with two attached hydrogens (primary N) is 1. The van der Waals surface area contributed by atoms with E-state index in [1.165, 1.54) is 0 Å². The van der Waals surface area contributed by atoms with E-state index in [1.54, 1.807) is 7.11 Å². The van der Waals surface area contributed by atoms with Crippen molar-refractivity contribution in [2.24, 2.45) is 0 Å². The molecule has 0 saturated heterocycles. The number of hydrogen-bond donors (Lipinski definition) is 1. The molecule has 0 bridgehead atoms. The molecule has 3 heteroatoms. The molecule has 0 unspecified atom stereocenters. The summed E-state index contributed by atoms with van der Waals surface area (Å²) in [6.45, 7) is 7.60. The van der Waals surface area contributed by atoms with E-state index in [1.807, 2.05) is 19.9 Å². The minimum Gasteiger partial charge on any atom is -0.497 e. The summed E-state index contributed by atoms with van der Waals surface area (Å²) in [6, 6.07) is 1.85. The van der Waals surface area contributed by atoms with Gasteiger partial charge in [-0.15, -0.1) is 0 Å². The number of halogens is 1. The van der Waals surface area contributed by atoms with Gasteiger partial charge in [-0.25, -0.2) is 0 Å². The van der Waals surface area contributed by atoms with Gasteiger partial charge in [-0.3, -0.25) is 0 Å². The molecule has 2 nitrogen and oxygen atoms in total. The lowest BCUT2D eigenvalue weighted by Crippen LogP contribution is -1.99. The molecule has 0 fully saturated rings. The van der Waals surface area contributed by atoms with Crippen LogP contribution in [0.5, 0.6) is 0 Å². The highest BCUT2D eigenvalue weighted by molar-refractivity contribution is 6.33. The first-order chi connectivity index (χ1) is 6.49. The molecule has 1 rings (SSSR count). The van der Waals surface area contributed by atoms with Crippen LogP contribution in [0.1, 0.15) is 16.7 Å². The Morgan fingerprint density at radius 2 is 2.07 bits per heavy atom. The van der Waals surface area contributed by atoms with Crippen LogP contribution in [0, 0.1) is 13.8 Å². The molecular formula is C11H14ClNO. The molecule has 0 aliphatic carbocycles. The maximum atomic E-state index is 6.15. The number of benzene rings is 1. The molecule has 2 N–H and O–H groups in total. The lowest BCUT2D eigenvalue weighted by molar-refractivity contribution is 0.371. The average molecular weight is 212 g/mol. The van der Waals surface area contributed by atoms with Crippen molar-refractivity contribution < 1.29 is 4.74 Å². The van der Waals surface area contributed by atoms with Crippen LogP contribution in [0.25, 0.3) is 5.76 Å². The van der Waals surface area contributed by atoms with Crippen molar-refractivity contribution in [3.05, 3.63) is 34.4 Å². The smallest absolute Gasteiger partial charge is 0.120 e. The summed E-state index contributed by atoms with van der Waals surface area (Å²) in [4.78, 5) is 0. The number of hydrogen-bond acceptors (Lipinski definition) is 2. The number of rotatable bonds is 2. The second kappa shape index (κ2) is 3.93. The summed E-state index contributed by atoms with van der Waals surface area (Å²) in [5.74, 6) is 0.544. The van der Waals surface area contributed by atoms with Gasteiger partial charge in [0, 0.05) is 11.3 Å². The zero-order valence-corrected chi connectivity index (χ0v) is 9.40. The third-order valence-electron chi connectivity index (χ3n) is 2.27. The van der Waals surface area contributed by atoms with Gasteiger partial charge >= 0.3 is 0 Å². The third-order valence-corrected chi connectivity index (χ3v) is 2.76. The second-order valence-corrected chi connectivity index (χ2v) is 3.60. The summed E-state index contributed by atoms with van der Waals surface area (Å²) in [7, 11) is 1.57. The monoisotopic (exact) mass is 211 g/mol. The standard InChI is InChI=1S/C11H14ClNO/c1-6-5-9(13)7(2)10(11(6)12)8(3)14-4/h5H,3,13H2,1-2,4H3. The molecular weight excluding hydrogens is 198 g/mol. The fraction of sp³-hybridized carbons (Fsp3) is 0.273. The fourth-order valence-corrected chi connectivity index (χ4v) is 1.65. The minimum absolute atomic E-state index is 0.544. The first-order valence-corrected chi connectivity index (χ1v) is 4.65. The molecule has 0 radical (unpaired) electrons. The van der Waals surface area contributed by atoms with E-state index in [-0.39, 0.29) is 0 Å². The zero-order valence-electron chi connectivity index (χ0n) is 8.65. The quantitative estimate of drug-likeness (QED) is 0.603. The van der Waals surface area contributed by atoms with Crippen LogP contribution in [0.4, 0.5) is 5.69 Å². The number of anilines is 1. The molecule has 0 spiro atoms.